The normalized spacial score (nSPS) is 33.6. The number of aliphatic hydroxyl groups is 1. The fourth-order valence-corrected chi connectivity index (χ4v) is 7.89. The number of nitrogens with two attached hydrogens (primary N) is 1. The van der Waals surface area contributed by atoms with Gasteiger partial charge in [0.05, 0.1) is 36.0 Å². The summed E-state index contributed by atoms with van der Waals surface area (Å²) >= 11 is 1.51. The van der Waals surface area contributed by atoms with Crippen molar-refractivity contribution in [3.8, 4) is 0 Å². The van der Waals surface area contributed by atoms with Gasteiger partial charge in [-0.1, -0.05) is 54.9 Å². The Hall–Kier alpha value is -1.43. The molecular weight excluding hydrogens is 581 g/mol. The average molecular weight is 637 g/mol. The predicted molar refractivity (Wildman–Crippen MR) is 175 cm³/mol. The summed E-state index contributed by atoms with van der Waals surface area (Å²) in [5.41, 5.74) is 6.11. The molecular formula is C33H56N2O6SSi. The Bertz CT molecular complexity index is 1170. The van der Waals surface area contributed by atoms with Gasteiger partial charge in [0.15, 0.2) is 8.32 Å². The summed E-state index contributed by atoms with van der Waals surface area (Å²) < 4.78 is 19.3. The van der Waals surface area contributed by atoms with E-state index >= 15 is 0 Å². The molecule has 1 aromatic rings. The van der Waals surface area contributed by atoms with Gasteiger partial charge in [-0.05, 0) is 62.4 Å². The maximum Gasteiger partial charge on any atom is 0.309 e. The molecule has 2 aliphatic heterocycles. The Labute approximate surface area is 264 Å². The zero-order valence-corrected chi connectivity index (χ0v) is 30.1. The van der Waals surface area contributed by atoms with E-state index < -0.39 is 43.9 Å². The molecule has 0 bridgehead atoms. The van der Waals surface area contributed by atoms with Crippen molar-refractivity contribution in [3.05, 3.63) is 21.7 Å². The molecule has 0 spiro atoms. The van der Waals surface area contributed by atoms with Gasteiger partial charge >= 0.3 is 5.97 Å². The number of hydrogen-bond acceptors (Lipinski definition) is 9. The van der Waals surface area contributed by atoms with Crippen molar-refractivity contribution < 1.29 is 28.6 Å². The molecule has 0 radical (unpaired) electrons. The SMILES string of the molecule is C/C(=C\c1csc(CN)n1)C1C[C@@H]2O[C@]2(C)CCCC(C)[C@H](O)C(C)C(=O)C(C)(C)C(O[Si](C)(C)C(C)(C)C)CC(=O)O1. The molecule has 8 nitrogen and oxygen atoms in total. The molecule has 3 heterocycles. The van der Waals surface area contributed by atoms with Crippen LogP contribution < -0.4 is 5.73 Å². The average Bonchev–Trinajstić information content (AvgIpc) is 3.31. The minimum absolute atomic E-state index is 0.0481. The van der Waals surface area contributed by atoms with Crippen molar-refractivity contribution >= 4 is 37.5 Å². The quantitative estimate of drug-likeness (QED) is 0.209. The minimum Gasteiger partial charge on any atom is -0.458 e. The van der Waals surface area contributed by atoms with Gasteiger partial charge < -0.3 is 24.7 Å². The molecule has 3 N–H and O–H groups in total. The van der Waals surface area contributed by atoms with Crippen LogP contribution in [0.5, 0.6) is 0 Å². The van der Waals surface area contributed by atoms with Crippen molar-refractivity contribution in [2.75, 3.05) is 0 Å². The fraction of sp³-hybridized carbons (Fsp3) is 0.788. The van der Waals surface area contributed by atoms with Crippen LogP contribution >= 0.6 is 11.3 Å². The van der Waals surface area contributed by atoms with Gasteiger partial charge in [-0.2, -0.15) is 0 Å². The molecule has 0 saturated carbocycles. The van der Waals surface area contributed by atoms with E-state index in [1.807, 2.05) is 39.2 Å². The molecule has 4 unspecified atom stereocenters. The number of aromatic nitrogens is 1. The minimum atomic E-state index is -2.39. The standard InChI is InChI=1S/C33H56N2O6SSi/c1-20-13-12-14-33(9)26(40-33)16-24(21(2)15-23-19-42-27(18-34)35-23)39-28(36)17-25(41-43(10,11)31(4,5)6)32(7,8)30(38)22(3)29(20)37/h15,19-20,22,24-26,29,37H,12-14,16-18,34H2,1-11H3/b21-15+/t20?,22?,24?,25?,26-,29-,33+/m0/s1. The first kappa shape index (κ1) is 36.0. The second-order valence-electron chi connectivity index (χ2n) is 15.2. The molecule has 0 amide bonds. The Kier molecular flexibility index (Phi) is 11.3. The highest BCUT2D eigenvalue weighted by Crippen LogP contribution is 2.46. The second kappa shape index (κ2) is 13.5. The molecule has 0 aromatic carbocycles. The van der Waals surface area contributed by atoms with Gasteiger partial charge in [-0.3, -0.25) is 9.59 Å². The van der Waals surface area contributed by atoms with E-state index in [2.05, 4.69) is 45.8 Å². The van der Waals surface area contributed by atoms with Gasteiger partial charge in [0.2, 0.25) is 0 Å². The lowest BCUT2D eigenvalue weighted by Gasteiger charge is -2.44. The summed E-state index contributed by atoms with van der Waals surface area (Å²) in [6.07, 6.45) is 2.86. The van der Waals surface area contributed by atoms with Crippen LogP contribution in [0.25, 0.3) is 6.08 Å². The molecule has 43 heavy (non-hydrogen) atoms. The number of ether oxygens (including phenoxy) is 2. The molecule has 1 aromatic heterocycles. The lowest BCUT2D eigenvalue weighted by atomic mass is 9.73. The third-order valence-electron chi connectivity index (χ3n) is 10.2. The van der Waals surface area contributed by atoms with Crippen molar-refractivity contribution in [2.24, 2.45) is 23.0 Å². The Balaban J connectivity index is 2.00. The molecule has 244 valence electrons. The molecule has 0 aliphatic carbocycles. The number of carbonyl (C=O) groups is 2. The fourth-order valence-electron chi connectivity index (χ4n) is 5.81. The van der Waals surface area contributed by atoms with Crippen molar-refractivity contribution in [1.29, 1.82) is 0 Å². The van der Waals surface area contributed by atoms with Gasteiger partial charge in [-0.25, -0.2) is 4.98 Å². The summed E-state index contributed by atoms with van der Waals surface area (Å²) in [5, 5.41) is 13.9. The Morgan fingerprint density at radius 2 is 1.91 bits per heavy atom. The summed E-state index contributed by atoms with van der Waals surface area (Å²) in [6, 6.07) is 0. The number of nitrogens with zero attached hydrogens (tertiary/aromatic N) is 1. The number of hydrogen-bond donors (Lipinski definition) is 2. The summed E-state index contributed by atoms with van der Waals surface area (Å²) in [4.78, 5) is 32.4. The van der Waals surface area contributed by atoms with Crippen LogP contribution in [0.2, 0.25) is 18.1 Å². The van der Waals surface area contributed by atoms with E-state index in [-0.39, 0.29) is 34.9 Å². The van der Waals surface area contributed by atoms with E-state index in [1.165, 1.54) is 11.3 Å². The predicted octanol–water partition coefficient (Wildman–Crippen LogP) is 6.66. The Morgan fingerprint density at radius 3 is 2.49 bits per heavy atom. The zero-order chi connectivity index (χ0) is 32.5. The molecule has 2 fully saturated rings. The number of thiazole rings is 1. The maximum absolute atomic E-state index is 14.1. The number of fused-ring (bicyclic) bond motifs is 1. The first-order valence-electron chi connectivity index (χ1n) is 15.8. The first-order valence-corrected chi connectivity index (χ1v) is 19.6. The van der Waals surface area contributed by atoms with Crippen LogP contribution in [0.1, 0.15) is 105 Å². The number of aliphatic hydroxyl groups excluding tert-OH is 1. The summed E-state index contributed by atoms with van der Waals surface area (Å²) in [6.45, 7) is 22.6. The number of ketones is 1. The highest BCUT2D eigenvalue weighted by atomic mass is 32.1. The number of carbonyl (C=O) groups excluding carboxylic acids is 2. The topological polar surface area (TPSA) is 124 Å². The number of epoxide rings is 1. The van der Waals surface area contributed by atoms with Crippen LogP contribution in [0.15, 0.2) is 11.0 Å². The van der Waals surface area contributed by atoms with E-state index in [9.17, 15) is 14.7 Å². The van der Waals surface area contributed by atoms with E-state index in [0.29, 0.717) is 13.0 Å². The van der Waals surface area contributed by atoms with Crippen LogP contribution in [0.3, 0.4) is 0 Å². The largest absolute Gasteiger partial charge is 0.458 e. The van der Waals surface area contributed by atoms with Crippen LogP contribution in [-0.2, 0) is 30.0 Å². The molecule has 7 atom stereocenters. The smallest absolute Gasteiger partial charge is 0.309 e. The number of Topliss-reactive ketones (excluding diaryl/α,β-unsaturated/α-hetero) is 1. The van der Waals surface area contributed by atoms with Crippen molar-refractivity contribution in [3.63, 3.8) is 0 Å². The lowest BCUT2D eigenvalue weighted by Crippen LogP contribution is -2.52. The molecule has 2 saturated heterocycles. The third-order valence-corrected chi connectivity index (χ3v) is 15.6. The third kappa shape index (κ3) is 8.64. The van der Waals surface area contributed by atoms with Crippen LogP contribution in [0.4, 0.5) is 0 Å². The summed E-state index contributed by atoms with van der Waals surface area (Å²) in [7, 11) is -2.39. The monoisotopic (exact) mass is 636 g/mol. The molecule has 2 aliphatic rings. The highest BCUT2D eigenvalue weighted by Gasteiger charge is 2.53. The van der Waals surface area contributed by atoms with E-state index in [4.69, 9.17) is 19.6 Å². The maximum atomic E-state index is 14.1. The summed E-state index contributed by atoms with van der Waals surface area (Å²) in [5.74, 6) is -1.17. The number of esters is 1. The number of rotatable bonds is 5. The Morgan fingerprint density at radius 1 is 1.26 bits per heavy atom. The molecule has 3 rings (SSSR count). The lowest BCUT2D eigenvalue weighted by molar-refractivity contribution is -0.154. The first-order chi connectivity index (χ1) is 19.7. The zero-order valence-electron chi connectivity index (χ0n) is 28.3. The van der Waals surface area contributed by atoms with Crippen molar-refractivity contribution in [1.82, 2.24) is 4.98 Å². The van der Waals surface area contributed by atoms with Crippen LogP contribution in [-0.4, -0.2) is 60.2 Å². The van der Waals surface area contributed by atoms with Gasteiger partial charge in [0.1, 0.15) is 16.9 Å². The number of cyclic esters (lactones) is 1. The second-order valence-corrected chi connectivity index (χ2v) is 20.9. The highest BCUT2D eigenvalue weighted by molar-refractivity contribution is 7.09. The van der Waals surface area contributed by atoms with E-state index in [1.54, 1.807) is 6.92 Å². The van der Waals surface area contributed by atoms with Crippen LogP contribution in [0, 0.1) is 17.3 Å². The van der Waals surface area contributed by atoms with Gasteiger partial charge in [0, 0.05) is 29.7 Å². The van der Waals surface area contributed by atoms with E-state index in [0.717, 1.165) is 35.5 Å². The van der Waals surface area contributed by atoms with Crippen molar-refractivity contribution in [2.45, 2.75) is 149 Å². The molecule has 10 heteroatoms. The van der Waals surface area contributed by atoms with Gasteiger partial charge in [-0.15, -0.1) is 11.3 Å². The van der Waals surface area contributed by atoms with Gasteiger partial charge in [0.25, 0.3) is 0 Å².